The monoisotopic (exact) mass is 405 g/mol. The van der Waals surface area contributed by atoms with E-state index in [2.05, 4.69) is 57.4 Å². The standard InChI is InChI=1S/C25H31N3O2/c1-17-10-11-22(18(2)14-17)30-13-12-27-21-9-7-6-8-20(21)26-24(27)19-15-23(29)28(16-19)25(3,4)5/h6-11,14,19H,12-13,15-16H2,1-5H3/t19-/m0/s1. The largest absolute Gasteiger partial charge is 0.491 e. The zero-order chi connectivity index (χ0) is 21.5. The number of fused-ring (bicyclic) bond motifs is 1. The minimum absolute atomic E-state index is 0.102. The van der Waals surface area contributed by atoms with Crippen LogP contribution in [-0.4, -0.2) is 39.0 Å². The molecule has 1 amide bonds. The van der Waals surface area contributed by atoms with Crippen molar-refractivity contribution in [2.45, 2.75) is 59.0 Å². The first-order valence-corrected chi connectivity index (χ1v) is 10.7. The number of hydrogen-bond acceptors (Lipinski definition) is 3. The second-order valence-corrected chi connectivity index (χ2v) is 9.30. The topological polar surface area (TPSA) is 47.4 Å². The number of imidazole rings is 1. The number of aromatic nitrogens is 2. The van der Waals surface area contributed by atoms with Crippen LogP contribution in [-0.2, 0) is 11.3 Å². The summed E-state index contributed by atoms with van der Waals surface area (Å²) in [6, 6.07) is 14.4. The molecule has 1 aromatic heterocycles. The second kappa shape index (κ2) is 7.78. The Kier molecular flexibility index (Phi) is 5.31. The third-order valence-electron chi connectivity index (χ3n) is 5.89. The molecule has 0 aliphatic carbocycles. The number of aryl methyl sites for hydroxylation is 2. The van der Waals surface area contributed by atoms with Gasteiger partial charge in [0.25, 0.3) is 0 Å². The maximum atomic E-state index is 12.7. The normalized spacial score (nSPS) is 17.2. The molecule has 30 heavy (non-hydrogen) atoms. The molecule has 1 saturated heterocycles. The summed E-state index contributed by atoms with van der Waals surface area (Å²) in [6.07, 6.45) is 0.512. The van der Waals surface area contributed by atoms with Crippen LogP contribution in [0.1, 0.15) is 50.1 Å². The van der Waals surface area contributed by atoms with Crippen LogP contribution < -0.4 is 4.74 Å². The average molecular weight is 406 g/mol. The Morgan fingerprint density at radius 3 is 2.60 bits per heavy atom. The third-order valence-corrected chi connectivity index (χ3v) is 5.89. The number of benzene rings is 2. The Morgan fingerprint density at radius 1 is 1.13 bits per heavy atom. The molecule has 158 valence electrons. The fourth-order valence-corrected chi connectivity index (χ4v) is 4.38. The number of nitrogens with zero attached hydrogens (tertiary/aromatic N) is 3. The van der Waals surface area contributed by atoms with Crippen molar-refractivity contribution in [3.05, 3.63) is 59.4 Å². The second-order valence-electron chi connectivity index (χ2n) is 9.30. The van der Waals surface area contributed by atoms with Crippen LogP contribution in [0.4, 0.5) is 0 Å². The average Bonchev–Trinajstić information content (AvgIpc) is 3.24. The fourth-order valence-electron chi connectivity index (χ4n) is 4.38. The van der Waals surface area contributed by atoms with Crippen LogP contribution in [0.25, 0.3) is 11.0 Å². The van der Waals surface area contributed by atoms with E-state index in [4.69, 9.17) is 9.72 Å². The number of rotatable bonds is 5. The van der Waals surface area contributed by atoms with Gasteiger partial charge < -0.3 is 14.2 Å². The zero-order valence-corrected chi connectivity index (χ0v) is 18.6. The SMILES string of the molecule is Cc1ccc(OCCn2c([C@H]3CC(=O)N(C(C)(C)C)C3)nc3ccccc32)c(C)c1. The van der Waals surface area contributed by atoms with Gasteiger partial charge in [-0.1, -0.05) is 29.8 Å². The lowest BCUT2D eigenvalue weighted by atomic mass is 10.1. The minimum atomic E-state index is -0.172. The summed E-state index contributed by atoms with van der Waals surface area (Å²) in [5.41, 5.74) is 4.28. The van der Waals surface area contributed by atoms with Gasteiger partial charge >= 0.3 is 0 Å². The van der Waals surface area contributed by atoms with Gasteiger partial charge in [-0.3, -0.25) is 4.79 Å². The summed E-state index contributed by atoms with van der Waals surface area (Å²) < 4.78 is 8.34. The van der Waals surface area contributed by atoms with Crippen molar-refractivity contribution in [3.8, 4) is 5.75 Å². The maximum absolute atomic E-state index is 12.7. The van der Waals surface area contributed by atoms with Crippen molar-refractivity contribution >= 4 is 16.9 Å². The van der Waals surface area contributed by atoms with E-state index in [1.165, 1.54) is 5.56 Å². The molecule has 1 fully saturated rings. The summed E-state index contributed by atoms with van der Waals surface area (Å²) in [5.74, 6) is 2.21. The summed E-state index contributed by atoms with van der Waals surface area (Å²) in [7, 11) is 0. The van der Waals surface area contributed by atoms with Crippen molar-refractivity contribution < 1.29 is 9.53 Å². The van der Waals surface area contributed by atoms with Crippen LogP contribution in [0.15, 0.2) is 42.5 Å². The molecule has 0 bridgehead atoms. The lowest BCUT2D eigenvalue weighted by molar-refractivity contribution is -0.131. The Balaban J connectivity index is 1.59. The van der Waals surface area contributed by atoms with Crippen molar-refractivity contribution in [2.24, 2.45) is 0 Å². The van der Waals surface area contributed by atoms with E-state index in [-0.39, 0.29) is 17.4 Å². The van der Waals surface area contributed by atoms with Crippen LogP contribution in [0.3, 0.4) is 0 Å². The van der Waals surface area contributed by atoms with Crippen molar-refractivity contribution in [3.63, 3.8) is 0 Å². The number of para-hydroxylation sites is 2. The molecule has 1 aliphatic heterocycles. The first kappa shape index (κ1) is 20.5. The summed E-state index contributed by atoms with van der Waals surface area (Å²) in [4.78, 5) is 19.6. The maximum Gasteiger partial charge on any atom is 0.223 e. The molecule has 1 aliphatic rings. The van der Waals surface area contributed by atoms with E-state index < -0.39 is 0 Å². The van der Waals surface area contributed by atoms with Crippen molar-refractivity contribution in [1.82, 2.24) is 14.5 Å². The van der Waals surface area contributed by atoms with E-state index in [0.29, 0.717) is 26.1 Å². The first-order chi connectivity index (χ1) is 14.2. The van der Waals surface area contributed by atoms with E-state index in [1.54, 1.807) is 0 Å². The third kappa shape index (κ3) is 3.93. The molecule has 2 aromatic carbocycles. The van der Waals surface area contributed by atoms with Crippen LogP contribution in [0, 0.1) is 13.8 Å². The molecule has 2 heterocycles. The van der Waals surface area contributed by atoms with Gasteiger partial charge in [0.2, 0.25) is 5.91 Å². The molecular formula is C25H31N3O2. The highest BCUT2D eigenvalue weighted by atomic mass is 16.5. The molecular weight excluding hydrogens is 374 g/mol. The predicted molar refractivity (Wildman–Crippen MR) is 120 cm³/mol. The van der Waals surface area contributed by atoms with Crippen LogP contribution in [0.2, 0.25) is 0 Å². The molecule has 0 unspecified atom stereocenters. The van der Waals surface area contributed by atoms with Gasteiger partial charge in [-0.2, -0.15) is 0 Å². The van der Waals surface area contributed by atoms with Crippen molar-refractivity contribution in [1.29, 1.82) is 0 Å². The quantitative estimate of drug-likeness (QED) is 0.610. The molecule has 1 atom stereocenters. The lowest BCUT2D eigenvalue weighted by Crippen LogP contribution is -2.42. The Bertz CT molecular complexity index is 1080. The molecule has 3 aromatic rings. The summed E-state index contributed by atoms with van der Waals surface area (Å²) in [6.45, 7) is 12.4. The Labute approximate surface area is 178 Å². The predicted octanol–water partition coefficient (Wildman–Crippen LogP) is 4.85. The van der Waals surface area contributed by atoms with Crippen LogP contribution >= 0.6 is 0 Å². The van der Waals surface area contributed by atoms with E-state index in [1.807, 2.05) is 29.2 Å². The minimum Gasteiger partial charge on any atom is -0.491 e. The van der Waals surface area contributed by atoms with E-state index in [0.717, 1.165) is 28.2 Å². The number of likely N-dealkylation sites (tertiary alicyclic amines) is 1. The van der Waals surface area contributed by atoms with Gasteiger partial charge in [-0.15, -0.1) is 0 Å². The smallest absolute Gasteiger partial charge is 0.223 e. The van der Waals surface area contributed by atoms with Gasteiger partial charge in [0.05, 0.1) is 17.6 Å². The highest BCUT2D eigenvalue weighted by Gasteiger charge is 2.38. The molecule has 5 nitrogen and oxygen atoms in total. The molecule has 5 heteroatoms. The van der Waals surface area contributed by atoms with Gasteiger partial charge in [0.1, 0.15) is 18.2 Å². The van der Waals surface area contributed by atoms with Gasteiger partial charge in [-0.25, -0.2) is 4.98 Å². The van der Waals surface area contributed by atoms with Gasteiger partial charge in [-0.05, 0) is 58.4 Å². The van der Waals surface area contributed by atoms with E-state index in [9.17, 15) is 4.79 Å². The lowest BCUT2D eigenvalue weighted by Gasteiger charge is -2.32. The number of ether oxygens (including phenoxy) is 1. The fraction of sp³-hybridized carbons (Fsp3) is 0.440. The Morgan fingerprint density at radius 2 is 1.90 bits per heavy atom. The van der Waals surface area contributed by atoms with Crippen LogP contribution in [0.5, 0.6) is 5.75 Å². The zero-order valence-electron chi connectivity index (χ0n) is 18.6. The van der Waals surface area contributed by atoms with Gasteiger partial charge in [0, 0.05) is 24.4 Å². The molecule has 0 spiro atoms. The van der Waals surface area contributed by atoms with E-state index >= 15 is 0 Å². The summed E-state index contributed by atoms with van der Waals surface area (Å²) in [5, 5.41) is 0. The van der Waals surface area contributed by atoms with Crippen molar-refractivity contribution in [2.75, 3.05) is 13.2 Å². The Hall–Kier alpha value is -2.82. The highest BCUT2D eigenvalue weighted by Crippen LogP contribution is 2.34. The van der Waals surface area contributed by atoms with Gasteiger partial charge in [0.15, 0.2) is 0 Å². The summed E-state index contributed by atoms with van der Waals surface area (Å²) >= 11 is 0. The first-order valence-electron chi connectivity index (χ1n) is 10.7. The molecule has 0 radical (unpaired) electrons. The number of carbonyl (C=O) groups excluding carboxylic acids is 1. The number of hydrogen-bond donors (Lipinski definition) is 0. The molecule has 0 N–H and O–H groups in total. The highest BCUT2D eigenvalue weighted by molar-refractivity contribution is 5.81. The molecule has 4 rings (SSSR count). The molecule has 0 saturated carbocycles. The number of amides is 1. The number of carbonyl (C=O) groups is 1.